The summed E-state index contributed by atoms with van der Waals surface area (Å²) in [5.74, 6) is -5.84. The molecule has 0 aliphatic carbocycles. The van der Waals surface area contributed by atoms with Crippen LogP contribution >= 0.6 is 7.82 Å². The molecule has 0 saturated heterocycles. The molecule has 31 heavy (non-hydrogen) atoms. The van der Waals surface area contributed by atoms with Crippen molar-refractivity contribution in [3.63, 3.8) is 0 Å². The van der Waals surface area contributed by atoms with Crippen LogP contribution in [0.3, 0.4) is 0 Å². The van der Waals surface area contributed by atoms with Crippen LogP contribution < -0.4 is 9.05 Å². The first-order valence-corrected chi connectivity index (χ1v) is 10.9. The number of carbonyl (C=O) groups excluding carboxylic acids is 2. The average molecular weight is 444 g/mol. The minimum Gasteiger partial charge on any atom is -0.395 e. The van der Waals surface area contributed by atoms with Crippen molar-refractivity contribution in [2.45, 2.75) is 26.6 Å². The lowest BCUT2D eigenvalue weighted by Crippen LogP contribution is -2.50. The lowest BCUT2D eigenvalue weighted by molar-refractivity contribution is -0.190. The second-order valence-electron chi connectivity index (χ2n) is 7.02. The average Bonchev–Trinajstić information content (AvgIpc) is 2.72. The standard InChI is InChI=1S/C23H25O7P/c1-16(2)21(24)18(5)23(26,22(25)17(3)4)30-31(27,28-19-12-8-6-9-13-19)29-20-14-10-7-11-15-20/h6-15,18,26H,1,3H2,2,4-5H3. The summed E-state index contributed by atoms with van der Waals surface area (Å²) in [6.07, 6.45) is 0. The number of aliphatic hydroxyl groups is 1. The smallest absolute Gasteiger partial charge is 0.395 e. The quantitative estimate of drug-likeness (QED) is 0.299. The summed E-state index contributed by atoms with van der Waals surface area (Å²) in [5, 5.41) is 11.2. The van der Waals surface area contributed by atoms with Gasteiger partial charge >= 0.3 is 7.82 Å². The van der Waals surface area contributed by atoms with Gasteiger partial charge in [-0.1, -0.05) is 49.6 Å². The third-order valence-corrected chi connectivity index (χ3v) is 5.66. The summed E-state index contributed by atoms with van der Waals surface area (Å²) in [6.45, 7) is 11.1. The Balaban J connectivity index is 2.54. The maximum atomic E-state index is 13.6. The first-order valence-electron chi connectivity index (χ1n) is 9.41. The van der Waals surface area contributed by atoms with Crippen LogP contribution in [-0.4, -0.2) is 22.5 Å². The molecule has 0 fully saturated rings. The van der Waals surface area contributed by atoms with E-state index in [4.69, 9.17) is 13.6 Å². The fraction of sp³-hybridized carbons (Fsp3) is 0.217. The number of rotatable bonds is 11. The van der Waals surface area contributed by atoms with E-state index in [1.54, 1.807) is 36.4 Å². The molecule has 0 aliphatic rings. The van der Waals surface area contributed by atoms with E-state index in [1.807, 2.05) is 0 Å². The van der Waals surface area contributed by atoms with E-state index in [0.29, 0.717) is 0 Å². The first kappa shape index (κ1) is 24.3. The number of phosphoric acid groups is 1. The highest BCUT2D eigenvalue weighted by Crippen LogP contribution is 2.54. The zero-order valence-corrected chi connectivity index (χ0v) is 18.5. The number of hydrogen-bond acceptors (Lipinski definition) is 7. The Labute approximate surface area is 181 Å². The summed E-state index contributed by atoms with van der Waals surface area (Å²) in [7, 11) is -4.70. The topological polar surface area (TPSA) is 99.1 Å². The molecule has 164 valence electrons. The monoisotopic (exact) mass is 444 g/mol. The number of carbonyl (C=O) groups is 2. The van der Waals surface area contributed by atoms with Crippen LogP contribution in [0.4, 0.5) is 0 Å². The van der Waals surface area contributed by atoms with Gasteiger partial charge in [0.05, 0.1) is 5.92 Å². The van der Waals surface area contributed by atoms with Gasteiger partial charge in [0.2, 0.25) is 5.78 Å². The number of para-hydroxylation sites is 2. The maximum absolute atomic E-state index is 13.6. The van der Waals surface area contributed by atoms with Crippen molar-refractivity contribution < 1.29 is 32.8 Å². The van der Waals surface area contributed by atoms with Crippen molar-refractivity contribution in [3.8, 4) is 11.5 Å². The number of ketones is 2. The summed E-state index contributed by atoms with van der Waals surface area (Å²) in [5.41, 5.74) is -0.0401. The minimum atomic E-state index is -4.70. The van der Waals surface area contributed by atoms with Crippen molar-refractivity contribution in [1.82, 2.24) is 0 Å². The Morgan fingerprint density at radius 2 is 1.32 bits per heavy atom. The fourth-order valence-electron chi connectivity index (χ4n) is 2.62. The van der Waals surface area contributed by atoms with Crippen LogP contribution in [0, 0.1) is 5.92 Å². The van der Waals surface area contributed by atoms with Crippen LogP contribution in [-0.2, 0) is 18.7 Å². The van der Waals surface area contributed by atoms with E-state index >= 15 is 0 Å². The number of phosphoric ester groups is 1. The third-order valence-electron chi connectivity index (χ3n) is 4.29. The molecule has 0 amide bonds. The molecule has 2 aromatic rings. The Morgan fingerprint density at radius 1 is 0.903 bits per heavy atom. The molecule has 0 spiro atoms. The highest BCUT2D eigenvalue weighted by Gasteiger charge is 2.53. The first-order chi connectivity index (χ1) is 14.5. The molecule has 2 atom stereocenters. The second-order valence-corrected chi connectivity index (χ2v) is 8.46. The summed E-state index contributed by atoms with van der Waals surface area (Å²) >= 11 is 0. The lowest BCUT2D eigenvalue weighted by atomic mass is 9.88. The molecule has 0 aliphatic heterocycles. The van der Waals surface area contributed by atoms with Gasteiger partial charge in [-0.15, -0.1) is 0 Å². The largest absolute Gasteiger partial charge is 0.590 e. The SMILES string of the molecule is C=C(C)C(=O)C(C)C(O)(OP(=O)(Oc1ccccc1)Oc1ccccc1)C(=O)C(=C)C. The van der Waals surface area contributed by atoms with Gasteiger partial charge in [-0.05, 0) is 56.2 Å². The summed E-state index contributed by atoms with van der Waals surface area (Å²) < 4.78 is 29.9. The van der Waals surface area contributed by atoms with Gasteiger partial charge in [-0.25, -0.2) is 9.09 Å². The highest BCUT2D eigenvalue weighted by molar-refractivity contribution is 7.49. The van der Waals surface area contributed by atoms with Gasteiger partial charge in [0.15, 0.2) is 5.78 Å². The number of Topliss-reactive ketones (excluding diaryl/α,β-unsaturated/α-hetero) is 2. The Morgan fingerprint density at radius 3 is 1.68 bits per heavy atom. The predicted octanol–water partition coefficient (Wildman–Crippen LogP) is 4.88. The Bertz CT molecular complexity index is 971. The summed E-state index contributed by atoms with van der Waals surface area (Å²) in [4.78, 5) is 25.4. The molecule has 0 aromatic heterocycles. The molecular formula is C23H25O7P. The number of benzene rings is 2. The molecule has 0 bridgehead atoms. The van der Waals surface area contributed by atoms with Crippen molar-refractivity contribution in [3.05, 3.63) is 85.0 Å². The van der Waals surface area contributed by atoms with Crippen molar-refractivity contribution in [2.24, 2.45) is 5.92 Å². The molecule has 0 radical (unpaired) electrons. The molecular weight excluding hydrogens is 419 g/mol. The highest BCUT2D eigenvalue weighted by atomic mass is 31.2. The zero-order valence-electron chi connectivity index (χ0n) is 17.6. The van der Waals surface area contributed by atoms with E-state index in [1.165, 1.54) is 45.0 Å². The van der Waals surface area contributed by atoms with Gasteiger partial charge in [0.1, 0.15) is 11.5 Å². The van der Waals surface area contributed by atoms with Crippen LogP contribution in [0.15, 0.2) is 85.0 Å². The molecule has 2 aromatic carbocycles. The Hall–Kier alpha value is -2.99. The zero-order chi connectivity index (χ0) is 23.2. The van der Waals surface area contributed by atoms with E-state index < -0.39 is 31.1 Å². The van der Waals surface area contributed by atoms with Crippen molar-refractivity contribution >= 4 is 19.4 Å². The molecule has 8 heteroatoms. The van der Waals surface area contributed by atoms with E-state index in [-0.39, 0.29) is 22.6 Å². The second kappa shape index (κ2) is 9.88. The third kappa shape index (κ3) is 6.01. The molecule has 0 heterocycles. The molecule has 2 unspecified atom stereocenters. The lowest BCUT2D eigenvalue weighted by Gasteiger charge is -2.33. The van der Waals surface area contributed by atoms with E-state index in [2.05, 4.69) is 13.2 Å². The number of allylic oxidation sites excluding steroid dienone is 1. The fourth-order valence-corrected chi connectivity index (χ4v) is 4.07. The van der Waals surface area contributed by atoms with Gasteiger partial charge in [0, 0.05) is 0 Å². The predicted molar refractivity (Wildman–Crippen MR) is 117 cm³/mol. The molecule has 7 nitrogen and oxygen atoms in total. The van der Waals surface area contributed by atoms with Gasteiger partial charge in [-0.3, -0.25) is 9.59 Å². The van der Waals surface area contributed by atoms with Crippen LogP contribution in [0.2, 0.25) is 0 Å². The van der Waals surface area contributed by atoms with Crippen LogP contribution in [0.25, 0.3) is 0 Å². The van der Waals surface area contributed by atoms with Gasteiger partial charge in [-0.2, -0.15) is 0 Å². The van der Waals surface area contributed by atoms with E-state index in [0.717, 1.165) is 0 Å². The minimum absolute atomic E-state index is 0.0758. The summed E-state index contributed by atoms with van der Waals surface area (Å²) in [6, 6.07) is 15.9. The molecule has 2 rings (SSSR count). The van der Waals surface area contributed by atoms with E-state index in [9.17, 15) is 19.3 Å². The molecule has 1 N–H and O–H groups in total. The van der Waals surface area contributed by atoms with Gasteiger partial charge in [0.25, 0.3) is 5.79 Å². The number of hydrogen-bond donors (Lipinski definition) is 1. The Kier molecular flexibility index (Phi) is 7.74. The van der Waals surface area contributed by atoms with Crippen molar-refractivity contribution in [2.75, 3.05) is 0 Å². The molecule has 0 saturated carbocycles. The van der Waals surface area contributed by atoms with Crippen LogP contribution in [0.1, 0.15) is 20.8 Å². The van der Waals surface area contributed by atoms with Gasteiger partial charge < -0.3 is 14.2 Å². The maximum Gasteiger partial charge on any atom is 0.590 e. The van der Waals surface area contributed by atoms with Crippen LogP contribution in [0.5, 0.6) is 11.5 Å². The van der Waals surface area contributed by atoms with Crippen molar-refractivity contribution in [1.29, 1.82) is 0 Å². The normalized spacial score (nSPS) is 14.1.